The number of methoxy groups -OCH3 is 1. The summed E-state index contributed by atoms with van der Waals surface area (Å²) in [5, 5.41) is 7.54. The lowest BCUT2D eigenvalue weighted by atomic mass is 9.98. The highest BCUT2D eigenvalue weighted by molar-refractivity contribution is 7.10. The SMILES string of the molecule is COc1ccc(C)cc1NC(=O)C(=O)NC[C@@H](c1cccs1)N1CCc2ccccc2C1. The zero-order chi connectivity index (χ0) is 22.5. The van der Waals surface area contributed by atoms with Crippen molar-refractivity contribution in [1.82, 2.24) is 10.2 Å². The predicted molar refractivity (Wildman–Crippen MR) is 127 cm³/mol. The lowest BCUT2D eigenvalue weighted by Gasteiger charge is -2.35. The zero-order valence-electron chi connectivity index (χ0n) is 18.3. The van der Waals surface area contributed by atoms with E-state index >= 15 is 0 Å². The second-order valence-electron chi connectivity index (χ2n) is 7.89. The molecular weight excluding hydrogens is 422 g/mol. The number of ether oxygens (including phenoxy) is 1. The van der Waals surface area contributed by atoms with E-state index in [4.69, 9.17) is 4.74 Å². The lowest BCUT2D eigenvalue weighted by molar-refractivity contribution is -0.136. The van der Waals surface area contributed by atoms with E-state index in [1.54, 1.807) is 23.5 Å². The summed E-state index contributed by atoms with van der Waals surface area (Å²) in [7, 11) is 1.53. The van der Waals surface area contributed by atoms with Crippen molar-refractivity contribution in [3.8, 4) is 5.75 Å². The van der Waals surface area contributed by atoms with Crippen LogP contribution in [0.25, 0.3) is 0 Å². The molecule has 0 spiro atoms. The van der Waals surface area contributed by atoms with Crippen LogP contribution in [0.3, 0.4) is 0 Å². The van der Waals surface area contributed by atoms with Gasteiger partial charge in [0.1, 0.15) is 5.75 Å². The second-order valence-corrected chi connectivity index (χ2v) is 8.87. The van der Waals surface area contributed by atoms with Gasteiger partial charge in [0.25, 0.3) is 0 Å². The first-order chi connectivity index (χ1) is 15.5. The number of hydrogen-bond acceptors (Lipinski definition) is 5. The number of anilines is 1. The molecule has 0 saturated carbocycles. The number of thiophene rings is 1. The van der Waals surface area contributed by atoms with Crippen molar-refractivity contribution in [3.63, 3.8) is 0 Å². The Morgan fingerprint density at radius 2 is 1.91 bits per heavy atom. The third kappa shape index (κ3) is 5.00. The minimum absolute atomic E-state index is 0.00797. The zero-order valence-corrected chi connectivity index (χ0v) is 19.1. The van der Waals surface area contributed by atoms with Gasteiger partial charge in [-0.05, 0) is 53.6 Å². The molecule has 2 aromatic carbocycles. The highest BCUT2D eigenvalue weighted by Crippen LogP contribution is 2.30. The van der Waals surface area contributed by atoms with Crippen LogP contribution in [0, 0.1) is 6.92 Å². The summed E-state index contributed by atoms with van der Waals surface area (Å²) in [6.07, 6.45) is 0.972. The van der Waals surface area contributed by atoms with E-state index in [2.05, 4.69) is 45.9 Å². The Balaban J connectivity index is 1.43. The molecule has 32 heavy (non-hydrogen) atoms. The Morgan fingerprint density at radius 1 is 1.09 bits per heavy atom. The van der Waals surface area contributed by atoms with E-state index in [-0.39, 0.29) is 6.04 Å². The molecule has 0 saturated heterocycles. The molecule has 1 aliphatic rings. The maximum absolute atomic E-state index is 12.6. The summed E-state index contributed by atoms with van der Waals surface area (Å²) in [4.78, 5) is 28.7. The number of nitrogens with one attached hydrogen (secondary N) is 2. The molecule has 2 heterocycles. The molecule has 1 aromatic heterocycles. The van der Waals surface area contributed by atoms with E-state index in [0.717, 1.165) is 25.1 Å². The largest absolute Gasteiger partial charge is 0.495 e. The molecule has 1 aliphatic heterocycles. The van der Waals surface area contributed by atoms with Gasteiger partial charge in [-0.15, -0.1) is 11.3 Å². The summed E-state index contributed by atoms with van der Waals surface area (Å²) < 4.78 is 5.28. The number of fused-ring (bicyclic) bond motifs is 1. The molecule has 166 valence electrons. The first-order valence-electron chi connectivity index (χ1n) is 10.6. The minimum Gasteiger partial charge on any atom is -0.495 e. The number of aryl methyl sites for hydroxylation is 1. The molecule has 2 amide bonds. The van der Waals surface area contributed by atoms with Gasteiger partial charge in [0.15, 0.2) is 0 Å². The van der Waals surface area contributed by atoms with Crippen LogP contribution in [0.15, 0.2) is 60.0 Å². The molecular formula is C25H27N3O3S. The van der Waals surface area contributed by atoms with Gasteiger partial charge in [-0.2, -0.15) is 0 Å². The molecule has 0 fully saturated rings. The average Bonchev–Trinajstić information content (AvgIpc) is 3.33. The maximum Gasteiger partial charge on any atom is 0.313 e. The van der Waals surface area contributed by atoms with Crippen molar-refractivity contribution in [2.24, 2.45) is 0 Å². The monoisotopic (exact) mass is 449 g/mol. The summed E-state index contributed by atoms with van der Waals surface area (Å²) >= 11 is 1.67. The summed E-state index contributed by atoms with van der Waals surface area (Å²) in [5.74, 6) is -0.851. The molecule has 0 bridgehead atoms. The molecule has 1 atom stereocenters. The van der Waals surface area contributed by atoms with Gasteiger partial charge in [0.2, 0.25) is 0 Å². The summed E-state index contributed by atoms with van der Waals surface area (Å²) in [6, 6.07) is 18.0. The van der Waals surface area contributed by atoms with Gasteiger partial charge in [-0.25, -0.2) is 0 Å². The van der Waals surface area contributed by atoms with Crippen LogP contribution in [0.2, 0.25) is 0 Å². The molecule has 3 aromatic rings. The van der Waals surface area contributed by atoms with Gasteiger partial charge in [0.05, 0.1) is 18.8 Å². The van der Waals surface area contributed by atoms with E-state index < -0.39 is 11.8 Å². The maximum atomic E-state index is 12.6. The summed E-state index contributed by atoms with van der Waals surface area (Å²) in [6.45, 7) is 4.00. The molecule has 4 rings (SSSR count). The van der Waals surface area contributed by atoms with Crippen LogP contribution in [0.1, 0.15) is 27.6 Å². The Kier molecular flexibility index (Phi) is 6.87. The van der Waals surface area contributed by atoms with Crippen LogP contribution in [0.4, 0.5) is 5.69 Å². The van der Waals surface area contributed by atoms with Gasteiger partial charge < -0.3 is 15.4 Å². The number of benzene rings is 2. The van der Waals surface area contributed by atoms with Gasteiger partial charge in [-0.1, -0.05) is 36.4 Å². The van der Waals surface area contributed by atoms with Crippen LogP contribution in [-0.2, 0) is 22.6 Å². The molecule has 0 unspecified atom stereocenters. The Morgan fingerprint density at radius 3 is 2.66 bits per heavy atom. The van der Waals surface area contributed by atoms with Crippen molar-refractivity contribution in [3.05, 3.63) is 81.5 Å². The quantitative estimate of drug-likeness (QED) is 0.560. The number of carbonyl (C=O) groups is 2. The van der Waals surface area contributed by atoms with Crippen LogP contribution in [0.5, 0.6) is 5.75 Å². The van der Waals surface area contributed by atoms with Gasteiger partial charge >= 0.3 is 11.8 Å². The minimum atomic E-state index is -0.706. The second kappa shape index (κ2) is 9.97. The van der Waals surface area contributed by atoms with E-state index in [9.17, 15) is 9.59 Å². The predicted octanol–water partition coefficient (Wildman–Crippen LogP) is 3.92. The van der Waals surface area contributed by atoms with Crippen molar-refractivity contribution in [2.75, 3.05) is 25.5 Å². The Hall–Kier alpha value is -3.16. The van der Waals surface area contributed by atoms with E-state index in [0.29, 0.717) is 18.0 Å². The van der Waals surface area contributed by atoms with E-state index in [1.165, 1.54) is 23.1 Å². The normalized spacial score (nSPS) is 14.3. The highest BCUT2D eigenvalue weighted by atomic mass is 32.1. The molecule has 7 heteroatoms. The fourth-order valence-corrected chi connectivity index (χ4v) is 4.90. The van der Waals surface area contributed by atoms with Crippen molar-refractivity contribution >= 4 is 28.8 Å². The Labute approximate surface area is 192 Å². The van der Waals surface area contributed by atoms with Crippen LogP contribution in [-0.4, -0.2) is 36.9 Å². The third-order valence-corrected chi connectivity index (χ3v) is 6.71. The van der Waals surface area contributed by atoms with Crippen molar-refractivity contribution in [1.29, 1.82) is 0 Å². The fourth-order valence-electron chi connectivity index (χ4n) is 4.04. The van der Waals surface area contributed by atoms with Gasteiger partial charge in [-0.3, -0.25) is 14.5 Å². The number of carbonyl (C=O) groups excluding carboxylic acids is 2. The number of amides is 2. The lowest BCUT2D eigenvalue weighted by Crippen LogP contribution is -2.43. The summed E-state index contributed by atoms with van der Waals surface area (Å²) in [5.41, 5.74) is 4.14. The fraction of sp³-hybridized carbons (Fsp3) is 0.280. The molecule has 0 aliphatic carbocycles. The molecule has 0 radical (unpaired) electrons. The van der Waals surface area contributed by atoms with Crippen LogP contribution < -0.4 is 15.4 Å². The van der Waals surface area contributed by atoms with Crippen LogP contribution >= 0.6 is 11.3 Å². The smallest absolute Gasteiger partial charge is 0.313 e. The van der Waals surface area contributed by atoms with Gasteiger partial charge in [0, 0.05) is 24.5 Å². The van der Waals surface area contributed by atoms with Crippen molar-refractivity contribution in [2.45, 2.75) is 25.9 Å². The van der Waals surface area contributed by atoms with E-state index in [1.807, 2.05) is 24.4 Å². The average molecular weight is 450 g/mol. The first kappa shape index (κ1) is 22.0. The number of nitrogens with zero attached hydrogens (tertiary/aromatic N) is 1. The number of rotatable bonds is 6. The Bertz CT molecular complexity index is 1100. The number of hydrogen-bond donors (Lipinski definition) is 2. The third-order valence-electron chi connectivity index (χ3n) is 5.74. The topological polar surface area (TPSA) is 70.7 Å². The molecule has 6 nitrogen and oxygen atoms in total. The molecule has 2 N–H and O–H groups in total. The first-order valence-corrected chi connectivity index (χ1v) is 11.5. The standard InChI is InChI=1S/C25H27N3O3S/c1-17-9-10-22(31-2)20(14-17)27-25(30)24(29)26-15-21(23-8-5-13-32-23)28-12-11-18-6-3-4-7-19(18)16-28/h3-10,13-14,21H,11-12,15-16H2,1-2H3,(H,26,29)(H,27,30)/t21-/m0/s1. The highest BCUT2D eigenvalue weighted by Gasteiger charge is 2.27. The van der Waals surface area contributed by atoms with Crippen molar-refractivity contribution < 1.29 is 14.3 Å².